The maximum absolute atomic E-state index is 2.52. The van der Waals surface area contributed by atoms with Gasteiger partial charge in [0.05, 0.1) is 5.41 Å². The normalized spacial score (nSPS) is 14.1. The van der Waals surface area contributed by atoms with E-state index in [2.05, 4.69) is 231 Å². The van der Waals surface area contributed by atoms with Crippen molar-refractivity contribution in [3.05, 3.63) is 246 Å². The lowest BCUT2D eigenvalue weighted by molar-refractivity contribution is 0.655. The number of hydrogen-bond donors (Lipinski definition) is 0. The Morgan fingerprint density at radius 2 is 0.789 bits per heavy atom. The first kappa shape index (κ1) is 33.4. The number of anilines is 3. The lowest BCUT2D eigenvalue weighted by atomic mass is 9.66. The van der Waals surface area contributed by atoms with Gasteiger partial charge >= 0.3 is 0 Å². The molecule has 270 valence electrons. The van der Waals surface area contributed by atoms with Crippen LogP contribution in [-0.2, 0) is 10.8 Å². The lowest BCUT2D eigenvalue weighted by Gasteiger charge is -2.35. The molecule has 0 amide bonds. The fourth-order valence-corrected chi connectivity index (χ4v) is 10.0. The molecule has 0 N–H and O–H groups in total. The predicted molar refractivity (Wildman–Crippen MR) is 239 cm³/mol. The van der Waals surface area contributed by atoms with Crippen LogP contribution in [0.4, 0.5) is 17.1 Å². The minimum atomic E-state index is -0.495. The number of fused-ring (bicyclic) bond motifs is 7. The summed E-state index contributed by atoms with van der Waals surface area (Å²) in [5, 5.41) is 2.51. The number of hydrogen-bond acceptors (Lipinski definition) is 1. The molecule has 0 saturated carbocycles. The van der Waals surface area contributed by atoms with Crippen LogP contribution in [0.5, 0.6) is 0 Å². The Bertz CT molecular complexity index is 2930. The average molecular weight is 728 g/mol. The standard InChI is InChI=1S/C56H41N/c1-55(2)51-21-11-8-18-47(51)50-35-30-43(37-54(50)55)56(52-22-12-9-19-48(52)49-20-10-13-23-53(49)56)42-28-33-46(34-29-42)57(44-16-4-3-5-17-44)45-31-26-39(27-32-45)41-25-24-38-14-6-7-15-40(38)36-41/h3-37H,1-2H3. The average Bonchev–Trinajstić information content (AvgIpc) is 3.70. The summed E-state index contributed by atoms with van der Waals surface area (Å²) in [6.45, 7) is 4.76. The van der Waals surface area contributed by atoms with Gasteiger partial charge in [0.1, 0.15) is 0 Å². The SMILES string of the molecule is CC1(C)c2ccccc2-c2ccc(C3(c4ccc(N(c5ccccc5)c5ccc(-c6ccc7ccccc7c6)cc5)cc4)c4ccccc4-c4ccccc43)cc21. The van der Waals surface area contributed by atoms with Crippen molar-refractivity contribution in [2.24, 2.45) is 0 Å². The highest BCUT2D eigenvalue weighted by Gasteiger charge is 2.47. The van der Waals surface area contributed by atoms with Crippen LogP contribution in [-0.4, -0.2) is 0 Å². The van der Waals surface area contributed by atoms with E-state index in [-0.39, 0.29) is 5.41 Å². The first-order valence-corrected chi connectivity index (χ1v) is 20.0. The van der Waals surface area contributed by atoms with Crippen LogP contribution >= 0.6 is 0 Å². The molecule has 0 heterocycles. The predicted octanol–water partition coefficient (Wildman–Crippen LogP) is 14.6. The molecule has 0 bridgehead atoms. The fourth-order valence-electron chi connectivity index (χ4n) is 10.0. The van der Waals surface area contributed by atoms with Crippen molar-refractivity contribution in [2.45, 2.75) is 24.7 Å². The molecule has 11 rings (SSSR count). The molecule has 9 aromatic rings. The van der Waals surface area contributed by atoms with E-state index >= 15 is 0 Å². The van der Waals surface area contributed by atoms with Gasteiger partial charge in [-0.05, 0) is 120 Å². The van der Waals surface area contributed by atoms with E-state index in [1.165, 1.54) is 77.5 Å². The second-order valence-electron chi connectivity index (χ2n) is 16.1. The molecule has 0 saturated heterocycles. The van der Waals surface area contributed by atoms with Crippen molar-refractivity contribution in [2.75, 3.05) is 4.90 Å². The second-order valence-corrected chi connectivity index (χ2v) is 16.1. The molecule has 1 heteroatoms. The summed E-state index contributed by atoms with van der Waals surface area (Å²) < 4.78 is 0. The van der Waals surface area contributed by atoms with Gasteiger partial charge in [0.2, 0.25) is 0 Å². The Balaban J connectivity index is 1.06. The van der Waals surface area contributed by atoms with Gasteiger partial charge in [0, 0.05) is 22.5 Å². The zero-order valence-corrected chi connectivity index (χ0v) is 32.2. The fraction of sp³-hybridized carbons (Fsp3) is 0.0714. The third-order valence-electron chi connectivity index (χ3n) is 12.8. The smallest absolute Gasteiger partial charge is 0.0713 e. The summed E-state index contributed by atoms with van der Waals surface area (Å²) in [7, 11) is 0. The first-order valence-electron chi connectivity index (χ1n) is 20.0. The quantitative estimate of drug-likeness (QED) is 0.165. The Hall–Kier alpha value is -6.96. The number of nitrogens with zero attached hydrogens (tertiary/aromatic N) is 1. The van der Waals surface area contributed by atoms with Gasteiger partial charge in [-0.1, -0.05) is 184 Å². The Morgan fingerprint density at radius 3 is 1.46 bits per heavy atom. The summed E-state index contributed by atoms with van der Waals surface area (Å²) >= 11 is 0. The Labute approximate surface area is 335 Å². The third kappa shape index (κ3) is 5.02. The molecular formula is C56H41N. The van der Waals surface area contributed by atoms with Gasteiger partial charge in [-0.15, -0.1) is 0 Å². The van der Waals surface area contributed by atoms with Gasteiger partial charge in [0.15, 0.2) is 0 Å². The second kappa shape index (κ2) is 12.8. The maximum atomic E-state index is 2.52. The molecule has 9 aromatic carbocycles. The van der Waals surface area contributed by atoms with E-state index in [0.717, 1.165) is 17.1 Å². The van der Waals surface area contributed by atoms with Crippen molar-refractivity contribution < 1.29 is 0 Å². The molecule has 2 aliphatic carbocycles. The highest BCUT2D eigenvalue weighted by molar-refractivity contribution is 5.90. The van der Waals surface area contributed by atoms with Crippen molar-refractivity contribution in [1.29, 1.82) is 0 Å². The van der Waals surface area contributed by atoms with Gasteiger partial charge in [-0.2, -0.15) is 0 Å². The number of benzene rings is 9. The van der Waals surface area contributed by atoms with Crippen molar-refractivity contribution in [3.63, 3.8) is 0 Å². The molecular weight excluding hydrogens is 687 g/mol. The molecule has 57 heavy (non-hydrogen) atoms. The third-order valence-corrected chi connectivity index (χ3v) is 12.8. The zero-order valence-electron chi connectivity index (χ0n) is 32.2. The molecule has 0 atom stereocenters. The van der Waals surface area contributed by atoms with Crippen LogP contribution in [0.25, 0.3) is 44.2 Å². The topological polar surface area (TPSA) is 3.24 Å². The van der Waals surface area contributed by atoms with E-state index in [9.17, 15) is 0 Å². The summed E-state index contributed by atoms with van der Waals surface area (Å²) in [4.78, 5) is 2.37. The van der Waals surface area contributed by atoms with Crippen molar-refractivity contribution >= 4 is 27.8 Å². The van der Waals surface area contributed by atoms with Crippen LogP contribution in [0.1, 0.15) is 47.2 Å². The first-order chi connectivity index (χ1) is 28.0. The van der Waals surface area contributed by atoms with Crippen molar-refractivity contribution in [3.8, 4) is 33.4 Å². The zero-order chi connectivity index (χ0) is 38.1. The van der Waals surface area contributed by atoms with E-state index in [1.807, 2.05) is 0 Å². The lowest BCUT2D eigenvalue weighted by Crippen LogP contribution is -2.29. The van der Waals surface area contributed by atoms with E-state index < -0.39 is 5.41 Å². The monoisotopic (exact) mass is 727 g/mol. The van der Waals surface area contributed by atoms with Crippen LogP contribution in [0.3, 0.4) is 0 Å². The summed E-state index contributed by atoms with van der Waals surface area (Å²) in [5.74, 6) is 0. The van der Waals surface area contributed by atoms with E-state index in [0.29, 0.717) is 0 Å². The molecule has 0 aliphatic heterocycles. The van der Waals surface area contributed by atoms with Crippen LogP contribution < -0.4 is 4.90 Å². The van der Waals surface area contributed by atoms with Gasteiger partial charge < -0.3 is 4.90 Å². The molecule has 0 unspecified atom stereocenters. The van der Waals surface area contributed by atoms with Crippen LogP contribution in [0, 0.1) is 0 Å². The summed E-state index contributed by atoms with van der Waals surface area (Å²) in [6, 6.07) is 78.7. The molecule has 0 radical (unpaired) electrons. The highest BCUT2D eigenvalue weighted by Crippen LogP contribution is 2.58. The van der Waals surface area contributed by atoms with E-state index in [4.69, 9.17) is 0 Å². The van der Waals surface area contributed by atoms with Crippen LogP contribution in [0.15, 0.2) is 212 Å². The molecule has 1 nitrogen and oxygen atoms in total. The maximum Gasteiger partial charge on any atom is 0.0713 e. The van der Waals surface area contributed by atoms with Gasteiger partial charge in [-0.25, -0.2) is 0 Å². The van der Waals surface area contributed by atoms with Crippen LogP contribution in [0.2, 0.25) is 0 Å². The summed E-state index contributed by atoms with van der Waals surface area (Å²) in [6.07, 6.45) is 0. The number of para-hydroxylation sites is 1. The molecule has 0 aromatic heterocycles. The van der Waals surface area contributed by atoms with E-state index in [1.54, 1.807) is 0 Å². The minimum absolute atomic E-state index is 0.106. The largest absolute Gasteiger partial charge is 0.311 e. The van der Waals surface area contributed by atoms with Crippen molar-refractivity contribution in [1.82, 2.24) is 0 Å². The highest BCUT2D eigenvalue weighted by atomic mass is 15.1. The van der Waals surface area contributed by atoms with Gasteiger partial charge in [0.25, 0.3) is 0 Å². The van der Waals surface area contributed by atoms with Gasteiger partial charge in [-0.3, -0.25) is 0 Å². The Morgan fingerprint density at radius 1 is 0.316 bits per heavy atom. The summed E-state index contributed by atoms with van der Waals surface area (Å²) in [5.41, 5.74) is 18.5. The number of rotatable bonds is 6. The molecule has 2 aliphatic rings. The molecule has 0 spiro atoms. The minimum Gasteiger partial charge on any atom is -0.311 e. The Kier molecular flexibility index (Phi) is 7.50. The molecule has 0 fully saturated rings.